The molecule has 1 heterocycles. The number of fused-ring (bicyclic) bond motifs is 2. The molecule has 1 aromatic carbocycles. The molecule has 1 spiro atoms. The Labute approximate surface area is 230 Å². The Morgan fingerprint density at radius 2 is 1.97 bits per heavy atom. The van der Waals surface area contributed by atoms with E-state index in [1.54, 1.807) is 12.2 Å². The van der Waals surface area contributed by atoms with E-state index in [0.29, 0.717) is 18.4 Å². The molecule has 8 nitrogen and oxygen atoms in total. The van der Waals surface area contributed by atoms with Crippen molar-refractivity contribution in [2.45, 2.75) is 69.4 Å². The summed E-state index contributed by atoms with van der Waals surface area (Å²) in [5.41, 5.74) is 3.58. The summed E-state index contributed by atoms with van der Waals surface area (Å²) >= 11 is 0. The summed E-state index contributed by atoms with van der Waals surface area (Å²) in [7, 11) is -3.72. The Kier molecular flexibility index (Phi) is 5.83. The number of benzene rings is 1. The molecule has 4 saturated carbocycles. The maximum Gasteiger partial charge on any atom is 0.315 e. The number of nitrogens with zero attached hydrogens (tertiary/aromatic N) is 2. The van der Waals surface area contributed by atoms with Crippen molar-refractivity contribution in [1.29, 1.82) is 0 Å². The van der Waals surface area contributed by atoms with Crippen molar-refractivity contribution in [2.75, 3.05) is 6.54 Å². The number of carbonyl (C=O) groups excluding carboxylic acids is 1. The van der Waals surface area contributed by atoms with Gasteiger partial charge in [-0.25, -0.2) is 18.4 Å². The smallest absolute Gasteiger partial charge is 0.315 e. The van der Waals surface area contributed by atoms with Crippen LogP contribution in [0.3, 0.4) is 0 Å². The molecular weight excluding hydrogens is 510 g/mol. The van der Waals surface area contributed by atoms with E-state index in [1.807, 2.05) is 29.0 Å². The van der Waals surface area contributed by atoms with Crippen LogP contribution in [-0.4, -0.2) is 36.3 Å². The zero-order valence-electron chi connectivity index (χ0n) is 22.2. The molecule has 2 amide bonds. The summed E-state index contributed by atoms with van der Waals surface area (Å²) in [6.07, 6.45) is 14.8. The average Bonchev–Trinajstić information content (AvgIpc) is 3.48. The maximum atomic E-state index is 12.9. The molecule has 4 N–H and O–H groups in total. The van der Waals surface area contributed by atoms with Gasteiger partial charge in [0.2, 0.25) is 10.0 Å². The number of amides is 2. The number of aryl methyl sites for hydroxylation is 1. The van der Waals surface area contributed by atoms with E-state index in [2.05, 4.69) is 28.8 Å². The summed E-state index contributed by atoms with van der Waals surface area (Å²) in [5.74, 6) is 2.58. The molecular formula is C30H37N5O3S. The molecule has 7 rings (SSSR count). The number of allylic oxidation sites excluding steroid dienone is 3. The van der Waals surface area contributed by atoms with E-state index in [9.17, 15) is 13.2 Å². The van der Waals surface area contributed by atoms with Gasteiger partial charge in [-0.1, -0.05) is 42.5 Å². The molecule has 2 aromatic rings. The monoisotopic (exact) mass is 547 g/mol. The SMILES string of the molecule is NS(=O)(=O)C1=CCC(n2nc(CCCNC(=O)NC34CC5CC6CC(C3)C6(C5)C4)cc2-c2ccccc2)C=C1. The van der Waals surface area contributed by atoms with E-state index in [4.69, 9.17) is 10.2 Å². The first-order valence-corrected chi connectivity index (χ1v) is 15.9. The molecule has 0 saturated heterocycles. The van der Waals surface area contributed by atoms with Crippen LogP contribution >= 0.6 is 0 Å². The topological polar surface area (TPSA) is 119 Å². The lowest BCUT2D eigenvalue weighted by Gasteiger charge is -2.49. The lowest BCUT2D eigenvalue weighted by atomic mass is 9.56. The number of urea groups is 1. The molecule has 9 heteroatoms. The first-order chi connectivity index (χ1) is 18.7. The Balaban J connectivity index is 0.979. The van der Waals surface area contributed by atoms with Crippen LogP contribution in [0.1, 0.15) is 63.1 Å². The quantitative estimate of drug-likeness (QED) is 0.424. The van der Waals surface area contributed by atoms with Crippen molar-refractivity contribution in [3.63, 3.8) is 0 Å². The van der Waals surface area contributed by atoms with Gasteiger partial charge < -0.3 is 10.6 Å². The highest BCUT2D eigenvalue weighted by Gasteiger charge is 2.71. The molecule has 39 heavy (non-hydrogen) atoms. The average molecular weight is 548 g/mol. The fourth-order valence-electron chi connectivity index (χ4n) is 8.89. The van der Waals surface area contributed by atoms with E-state index >= 15 is 0 Å². The number of rotatable bonds is 8. The molecule has 6 atom stereocenters. The van der Waals surface area contributed by atoms with Gasteiger partial charge >= 0.3 is 6.03 Å². The van der Waals surface area contributed by atoms with Crippen molar-refractivity contribution in [3.8, 4) is 11.3 Å². The number of hydrogen-bond donors (Lipinski definition) is 3. The highest BCUT2D eigenvalue weighted by molar-refractivity contribution is 7.93. The van der Waals surface area contributed by atoms with Crippen LogP contribution in [0.5, 0.6) is 0 Å². The molecule has 5 aliphatic carbocycles. The molecule has 0 radical (unpaired) electrons. The Bertz CT molecular complexity index is 1460. The van der Waals surface area contributed by atoms with Gasteiger partial charge in [0.1, 0.15) is 0 Å². The van der Waals surface area contributed by atoms with Crippen LogP contribution in [0.4, 0.5) is 4.79 Å². The minimum absolute atomic E-state index is 0.0224. The number of hydrogen-bond acceptors (Lipinski definition) is 4. The second kappa shape index (κ2) is 9.06. The van der Waals surface area contributed by atoms with Crippen LogP contribution in [0.2, 0.25) is 0 Å². The number of primary sulfonamides is 1. The van der Waals surface area contributed by atoms with Crippen molar-refractivity contribution in [1.82, 2.24) is 20.4 Å². The summed E-state index contributed by atoms with van der Waals surface area (Å²) in [6.45, 7) is 0.597. The minimum atomic E-state index is -3.72. The lowest BCUT2D eigenvalue weighted by Crippen LogP contribution is -2.53. The third-order valence-corrected chi connectivity index (χ3v) is 11.2. The van der Waals surface area contributed by atoms with Crippen LogP contribution < -0.4 is 15.8 Å². The molecule has 1 aromatic heterocycles. The van der Waals surface area contributed by atoms with Gasteiger partial charge in [-0.15, -0.1) is 0 Å². The van der Waals surface area contributed by atoms with Crippen molar-refractivity contribution >= 4 is 16.1 Å². The molecule has 206 valence electrons. The van der Waals surface area contributed by atoms with Crippen molar-refractivity contribution < 1.29 is 13.2 Å². The van der Waals surface area contributed by atoms with Gasteiger partial charge in [-0.3, -0.25) is 4.68 Å². The predicted molar refractivity (Wildman–Crippen MR) is 150 cm³/mol. The van der Waals surface area contributed by atoms with Crippen LogP contribution in [-0.2, 0) is 16.4 Å². The van der Waals surface area contributed by atoms with Crippen LogP contribution in [0.25, 0.3) is 11.3 Å². The van der Waals surface area contributed by atoms with E-state index < -0.39 is 10.0 Å². The minimum Gasteiger partial charge on any atom is -0.338 e. The van der Waals surface area contributed by atoms with Crippen LogP contribution in [0.15, 0.2) is 59.5 Å². The number of sulfonamides is 1. The number of nitrogens with two attached hydrogens (primary N) is 1. The first kappa shape index (κ1) is 25.1. The number of nitrogens with one attached hydrogen (secondary N) is 2. The van der Waals surface area contributed by atoms with E-state index in [1.165, 1.54) is 38.5 Å². The number of carbonyl (C=O) groups is 1. The van der Waals surface area contributed by atoms with Gasteiger partial charge in [-0.05, 0) is 98.7 Å². The third-order valence-electron chi connectivity index (χ3n) is 10.3. The second-order valence-electron chi connectivity index (χ2n) is 12.7. The van der Waals surface area contributed by atoms with Gasteiger partial charge in [0.05, 0.1) is 22.3 Å². The standard InChI is InChI=1S/C30H37N5O3S/c31-39(37,38)26-10-8-25(9-11-26)35-27(21-5-2-1-3-6-21)15-24(34-35)7-4-12-32-28(36)33-29-16-20-13-22-14-23(18-29)30(22,17-20)19-29/h1-3,5-6,8,10-11,15,20,22-23,25H,4,7,9,12-14,16-19H2,(H2,31,37,38)(H2,32,33,36). The third kappa shape index (κ3) is 4.34. The van der Waals surface area contributed by atoms with Crippen LogP contribution in [0, 0.1) is 23.2 Å². The second-order valence-corrected chi connectivity index (χ2v) is 14.2. The maximum absolute atomic E-state index is 12.9. The fraction of sp³-hybridized carbons (Fsp3) is 0.533. The van der Waals surface area contributed by atoms with Crippen molar-refractivity contribution in [2.24, 2.45) is 28.3 Å². The molecule has 0 aliphatic heterocycles. The Morgan fingerprint density at radius 1 is 1.13 bits per heavy atom. The van der Waals surface area contributed by atoms with Crippen molar-refractivity contribution in [3.05, 3.63) is 65.2 Å². The first-order valence-electron chi connectivity index (χ1n) is 14.3. The van der Waals surface area contributed by atoms with Gasteiger partial charge in [0, 0.05) is 12.1 Å². The summed E-state index contributed by atoms with van der Waals surface area (Å²) < 4.78 is 25.4. The summed E-state index contributed by atoms with van der Waals surface area (Å²) in [5, 5.41) is 16.7. The van der Waals surface area contributed by atoms with Gasteiger partial charge in [-0.2, -0.15) is 5.10 Å². The lowest BCUT2D eigenvalue weighted by molar-refractivity contribution is -0.000507. The normalized spacial score (nSPS) is 33.9. The largest absolute Gasteiger partial charge is 0.338 e. The molecule has 4 fully saturated rings. The summed E-state index contributed by atoms with van der Waals surface area (Å²) in [6, 6.07) is 12.1. The zero-order valence-corrected chi connectivity index (χ0v) is 23.0. The summed E-state index contributed by atoms with van der Waals surface area (Å²) in [4.78, 5) is 13.0. The Morgan fingerprint density at radius 3 is 2.74 bits per heavy atom. The van der Waals surface area contributed by atoms with E-state index in [0.717, 1.165) is 47.5 Å². The fourth-order valence-corrected chi connectivity index (χ4v) is 9.48. The highest BCUT2D eigenvalue weighted by Crippen LogP contribution is 2.76. The molecule has 3 bridgehead atoms. The van der Waals surface area contributed by atoms with Gasteiger partial charge in [0.15, 0.2) is 0 Å². The predicted octanol–water partition coefficient (Wildman–Crippen LogP) is 4.42. The van der Waals surface area contributed by atoms with E-state index in [-0.39, 0.29) is 22.5 Å². The number of aromatic nitrogens is 2. The highest BCUT2D eigenvalue weighted by atomic mass is 32.2. The Hall–Kier alpha value is -2.91. The molecule has 5 aliphatic rings. The molecule has 6 unspecified atom stereocenters. The van der Waals surface area contributed by atoms with Gasteiger partial charge in [0.25, 0.3) is 0 Å². The zero-order chi connectivity index (χ0) is 26.8.